The van der Waals surface area contributed by atoms with E-state index in [1.165, 1.54) is 18.6 Å². The highest BCUT2D eigenvalue weighted by Gasteiger charge is 2.19. The lowest BCUT2D eigenvalue weighted by molar-refractivity contribution is -0.384. The largest absolute Gasteiger partial charge is 0.376 e. The zero-order chi connectivity index (χ0) is 14.5. The van der Waals surface area contributed by atoms with E-state index in [4.69, 9.17) is 4.74 Å². The van der Waals surface area contributed by atoms with Crippen LogP contribution in [0.15, 0.2) is 12.1 Å². The fraction of sp³-hybridized carbons (Fsp3) is 0.615. The molecule has 2 rings (SSSR count). The van der Waals surface area contributed by atoms with Crippen molar-refractivity contribution in [2.24, 2.45) is 0 Å². The summed E-state index contributed by atoms with van der Waals surface area (Å²) < 4.78 is 5.69. The molecule has 1 unspecified atom stereocenters. The van der Waals surface area contributed by atoms with Crippen LogP contribution in [-0.2, 0) is 4.74 Å². The van der Waals surface area contributed by atoms with Crippen molar-refractivity contribution in [3.05, 3.63) is 22.2 Å². The third-order valence-electron chi connectivity index (χ3n) is 3.41. The Labute approximate surface area is 118 Å². The number of rotatable bonds is 5. The molecule has 1 atom stereocenters. The van der Waals surface area contributed by atoms with Gasteiger partial charge in [-0.25, -0.2) is 4.98 Å². The average Bonchev–Trinajstić information content (AvgIpc) is 2.47. The summed E-state index contributed by atoms with van der Waals surface area (Å²) in [5, 5.41) is 13.8. The fourth-order valence-electron chi connectivity index (χ4n) is 2.28. The van der Waals surface area contributed by atoms with Crippen LogP contribution in [0.4, 0.5) is 17.3 Å². The van der Waals surface area contributed by atoms with Crippen LogP contribution in [0.1, 0.15) is 19.3 Å². The molecule has 1 aromatic heterocycles. The second-order valence-corrected chi connectivity index (χ2v) is 4.94. The first-order valence-corrected chi connectivity index (χ1v) is 6.77. The molecule has 0 amide bonds. The molecule has 1 aliphatic heterocycles. The Hall–Kier alpha value is -1.89. The third-order valence-corrected chi connectivity index (χ3v) is 3.41. The zero-order valence-electron chi connectivity index (χ0n) is 11.8. The van der Waals surface area contributed by atoms with E-state index in [1.807, 2.05) is 11.9 Å². The number of anilines is 2. The quantitative estimate of drug-likeness (QED) is 0.656. The Bertz CT molecular complexity index is 475. The second kappa shape index (κ2) is 6.51. The molecule has 1 saturated heterocycles. The number of aromatic nitrogens is 1. The highest BCUT2D eigenvalue weighted by Crippen LogP contribution is 2.23. The standard InChI is InChI=1S/C13H20N4O3/c1-14-12-7-10(17(18)19)8-13(15-12)16(2)9-11-5-3-4-6-20-11/h7-8,11H,3-6,9H2,1-2H3,(H,14,15). The lowest BCUT2D eigenvalue weighted by atomic mass is 10.1. The molecule has 7 heteroatoms. The van der Waals surface area contributed by atoms with Crippen molar-refractivity contribution in [3.8, 4) is 0 Å². The van der Waals surface area contributed by atoms with Crippen molar-refractivity contribution in [3.63, 3.8) is 0 Å². The smallest absolute Gasteiger partial charge is 0.276 e. The van der Waals surface area contributed by atoms with Crippen LogP contribution >= 0.6 is 0 Å². The van der Waals surface area contributed by atoms with Crippen LogP contribution in [0.2, 0.25) is 0 Å². The summed E-state index contributed by atoms with van der Waals surface area (Å²) >= 11 is 0. The van der Waals surface area contributed by atoms with Crippen LogP contribution in [0.25, 0.3) is 0 Å². The maximum atomic E-state index is 10.9. The van der Waals surface area contributed by atoms with Gasteiger partial charge < -0.3 is 15.0 Å². The Morgan fingerprint density at radius 2 is 2.35 bits per heavy atom. The zero-order valence-corrected chi connectivity index (χ0v) is 11.8. The highest BCUT2D eigenvalue weighted by molar-refractivity contribution is 5.55. The number of nitrogens with zero attached hydrogens (tertiary/aromatic N) is 3. The number of likely N-dealkylation sites (N-methyl/N-ethyl adjacent to an activating group) is 1. The predicted molar refractivity (Wildman–Crippen MR) is 77.3 cm³/mol. The van der Waals surface area contributed by atoms with Crippen molar-refractivity contribution in [1.29, 1.82) is 0 Å². The fourth-order valence-corrected chi connectivity index (χ4v) is 2.28. The summed E-state index contributed by atoms with van der Waals surface area (Å²) in [5.74, 6) is 1.07. The van der Waals surface area contributed by atoms with Crippen molar-refractivity contribution >= 4 is 17.3 Å². The molecule has 1 aromatic rings. The molecular formula is C13H20N4O3. The van der Waals surface area contributed by atoms with E-state index < -0.39 is 4.92 Å². The van der Waals surface area contributed by atoms with Gasteiger partial charge in [0.15, 0.2) is 0 Å². The maximum absolute atomic E-state index is 10.9. The number of nitrogens with one attached hydrogen (secondary N) is 1. The first-order valence-electron chi connectivity index (χ1n) is 6.77. The molecule has 20 heavy (non-hydrogen) atoms. The van der Waals surface area contributed by atoms with E-state index in [0.717, 1.165) is 19.4 Å². The van der Waals surface area contributed by atoms with Gasteiger partial charge >= 0.3 is 0 Å². The van der Waals surface area contributed by atoms with E-state index >= 15 is 0 Å². The normalized spacial score (nSPS) is 18.6. The van der Waals surface area contributed by atoms with Gasteiger partial charge in [-0.05, 0) is 19.3 Å². The number of nitro groups is 1. The molecule has 0 aliphatic carbocycles. The van der Waals surface area contributed by atoms with Crippen molar-refractivity contribution in [1.82, 2.24) is 4.98 Å². The average molecular weight is 280 g/mol. The first kappa shape index (κ1) is 14.5. The SMILES string of the molecule is CNc1cc([N+](=O)[O-])cc(N(C)CC2CCCCO2)n1. The summed E-state index contributed by atoms with van der Waals surface area (Å²) in [5.41, 5.74) is 0.0377. The maximum Gasteiger partial charge on any atom is 0.276 e. The lowest BCUT2D eigenvalue weighted by Gasteiger charge is -2.28. The van der Waals surface area contributed by atoms with E-state index in [1.54, 1.807) is 7.05 Å². The minimum absolute atomic E-state index is 0.0377. The molecule has 0 bridgehead atoms. The van der Waals surface area contributed by atoms with E-state index in [0.29, 0.717) is 18.2 Å². The molecule has 1 aliphatic rings. The molecule has 110 valence electrons. The number of hydrogen-bond acceptors (Lipinski definition) is 6. The Balaban J connectivity index is 2.13. The molecule has 0 radical (unpaired) electrons. The molecule has 0 spiro atoms. The molecule has 0 saturated carbocycles. The summed E-state index contributed by atoms with van der Waals surface area (Å²) in [7, 11) is 3.57. The second-order valence-electron chi connectivity index (χ2n) is 4.94. The van der Waals surface area contributed by atoms with Gasteiger partial charge in [0.05, 0.1) is 23.2 Å². The van der Waals surface area contributed by atoms with Crippen LogP contribution in [0, 0.1) is 10.1 Å². The summed E-state index contributed by atoms with van der Waals surface area (Å²) in [6.45, 7) is 1.49. The van der Waals surface area contributed by atoms with Crippen LogP contribution in [0.3, 0.4) is 0 Å². The van der Waals surface area contributed by atoms with Gasteiger partial charge in [0, 0.05) is 27.2 Å². The molecular weight excluding hydrogens is 260 g/mol. The molecule has 0 aromatic carbocycles. The molecule has 2 heterocycles. The van der Waals surface area contributed by atoms with Gasteiger partial charge in [-0.15, -0.1) is 0 Å². The summed E-state index contributed by atoms with van der Waals surface area (Å²) in [4.78, 5) is 16.8. The van der Waals surface area contributed by atoms with Crippen LogP contribution in [0.5, 0.6) is 0 Å². The van der Waals surface area contributed by atoms with Gasteiger partial charge in [-0.3, -0.25) is 10.1 Å². The van der Waals surface area contributed by atoms with Gasteiger partial charge in [0.1, 0.15) is 11.6 Å². The third kappa shape index (κ3) is 3.57. The Kier molecular flexibility index (Phi) is 4.73. The van der Waals surface area contributed by atoms with Gasteiger partial charge in [-0.2, -0.15) is 0 Å². The van der Waals surface area contributed by atoms with E-state index in [2.05, 4.69) is 10.3 Å². The number of hydrogen-bond donors (Lipinski definition) is 1. The minimum Gasteiger partial charge on any atom is -0.376 e. The van der Waals surface area contributed by atoms with Gasteiger partial charge in [-0.1, -0.05) is 0 Å². The predicted octanol–water partition coefficient (Wildman–Crippen LogP) is 2.04. The minimum atomic E-state index is -0.406. The van der Waals surface area contributed by atoms with E-state index in [-0.39, 0.29) is 11.8 Å². The number of pyridine rings is 1. The number of ether oxygens (including phenoxy) is 1. The lowest BCUT2D eigenvalue weighted by Crippen LogP contribution is -2.33. The van der Waals surface area contributed by atoms with Crippen LogP contribution in [-0.4, -0.2) is 43.3 Å². The Morgan fingerprint density at radius 1 is 1.55 bits per heavy atom. The van der Waals surface area contributed by atoms with Gasteiger partial charge in [0.25, 0.3) is 5.69 Å². The monoisotopic (exact) mass is 280 g/mol. The topological polar surface area (TPSA) is 80.5 Å². The summed E-state index contributed by atoms with van der Waals surface area (Å²) in [6, 6.07) is 2.91. The van der Waals surface area contributed by atoms with Crippen molar-refractivity contribution in [2.75, 3.05) is 37.5 Å². The van der Waals surface area contributed by atoms with Crippen LogP contribution < -0.4 is 10.2 Å². The highest BCUT2D eigenvalue weighted by atomic mass is 16.6. The first-order chi connectivity index (χ1) is 9.60. The summed E-state index contributed by atoms with van der Waals surface area (Å²) in [6.07, 6.45) is 3.48. The Morgan fingerprint density at radius 3 is 2.95 bits per heavy atom. The van der Waals surface area contributed by atoms with E-state index in [9.17, 15) is 10.1 Å². The molecule has 1 N–H and O–H groups in total. The van der Waals surface area contributed by atoms with Crippen molar-refractivity contribution in [2.45, 2.75) is 25.4 Å². The van der Waals surface area contributed by atoms with Crippen molar-refractivity contribution < 1.29 is 9.66 Å². The van der Waals surface area contributed by atoms with Gasteiger partial charge in [0.2, 0.25) is 0 Å². The molecule has 7 nitrogen and oxygen atoms in total. The molecule has 1 fully saturated rings.